The summed E-state index contributed by atoms with van der Waals surface area (Å²) in [7, 11) is 0. The molecule has 0 aliphatic rings. The minimum absolute atomic E-state index is 0.581. The molecule has 0 aromatic heterocycles. The Labute approximate surface area is 124 Å². The van der Waals surface area contributed by atoms with Crippen LogP contribution in [0.2, 0.25) is 0 Å². The third-order valence-electron chi connectivity index (χ3n) is 3.38. The summed E-state index contributed by atoms with van der Waals surface area (Å²) in [4.78, 5) is 0. The van der Waals surface area contributed by atoms with E-state index in [0.29, 0.717) is 11.4 Å². The maximum absolute atomic E-state index is 5.86. The molecule has 5 N–H and O–H groups in total. The smallest absolute Gasteiger partial charge is 0.0568 e. The van der Waals surface area contributed by atoms with Gasteiger partial charge in [0.2, 0.25) is 0 Å². The van der Waals surface area contributed by atoms with Gasteiger partial charge in [0.15, 0.2) is 0 Å². The molecule has 3 rings (SSSR count). The molecular weight excluding hydrogens is 258 g/mol. The van der Waals surface area contributed by atoms with Gasteiger partial charge in [0.1, 0.15) is 0 Å². The van der Waals surface area contributed by atoms with Crippen molar-refractivity contribution in [3.8, 4) is 11.1 Å². The molecule has 0 saturated heterocycles. The zero-order valence-electron chi connectivity index (χ0n) is 11.6. The number of nitrogen functional groups attached to an aromatic ring is 2. The topological polar surface area (TPSA) is 64.1 Å². The SMILES string of the molecule is Nc1ccc(Nc2ccccc2-c2ccccc2)cc1N. The summed E-state index contributed by atoms with van der Waals surface area (Å²) in [6, 6.07) is 24.0. The van der Waals surface area contributed by atoms with E-state index in [9.17, 15) is 0 Å². The fraction of sp³-hybridized carbons (Fsp3) is 0. The average Bonchev–Trinajstić information content (AvgIpc) is 2.52. The molecular formula is C18H17N3. The largest absolute Gasteiger partial charge is 0.397 e. The third-order valence-corrected chi connectivity index (χ3v) is 3.38. The van der Waals surface area contributed by atoms with Crippen LogP contribution in [0.3, 0.4) is 0 Å². The van der Waals surface area contributed by atoms with Crippen molar-refractivity contribution in [1.82, 2.24) is 0 Å². The monoisotopic (exact) mass is 275 g/mol. The van der Waals surface area contributed by atoms with Crippen molar-refractivity contribution in [2.45, 2.75) is 0 Å². The molecule has 0 spiro atoms. The Bertz CT molecular complexity index is 751. The third kappa shape index (κ3) is 2.82. The van der Waals surface area contributed by atoms with Crippen LogP contribution in [0, 0.1) is 0 Å². The molecule has 0 saturated carbocycles. The molecule has 0 aliphatic heterocycles. The highest BCUT2D eigenvalue weighted by molar-refractivity contribution is 5.82. The zero-order chi connectivity index (χ0) is 14.7. The summed E-state index contributed by atoms with van der Waals surface area (Å²) >= 11 is 0. The predicted octanol–water partition coefficient (Wildman–Crippen LogP) is 4.26. The van der Waals surface area contributed by atoms with Gasteiger partial charge in [0.25, 0.3) is 0 Å². The molecule has 0 radical (unpaired) electrons. The first kappa shape index (κ1) is 13.1. The van der Waals surface area contributed by atoms with Crippen LogP contribution in [-0.4, -0.2) is 0 Å². The number of anilines is 4. The van der Waals surface area contributed by atoms with E-state index in [1.165, 1.54) is 5.56 Å². The first-order valence-corrected chi connectivity index (χ1v) is 6.80. The van der Waals surface area contributed by atoms with E-state index in [1.54, 1.807) is 0 Å². The molecule has 0 unspecified atom stereocenters. The fourth-order valence-electron chi connectivity index (χ4n) is 2.27. The van der Waals surface area contributed by atoms with Crippen LogP contribution >= 0.6 is 0 Å². The molecule has 3 aromatic carbocycles. The van der Waals surface area contributed by atoms with Gasteiger partial charge in [-0.05, 0) is 29.8 Å². The minimum Gasteiger partial charge on any atom is -0.397 e. The van der Waals surface area contributed by atoms with Crippen LogP contribution < -0.4 is 16.8 Å². The van der Waals surface area contributed by atoms with E-state index in [0.717, 1.165) is 16.9 Å². The van der Waals surface area contributed by atoms with E-state index < -0.39 is 0 Å². The van der Waals surface area contributed by atoms with Gasteiger partial charge in [-0.25, -0.2) is 0 Å². The van der Waals surface area contributed by atoms with Crippen LogP contribution in [0.4, 0.5) is 22.7 Å². The number of rotatable bonds is 3. The number of para-hydroxylation sites is 1. The van der Waals surface area contributed by atoms with E-state index in [-0.39, 0.29) is 0 Å². The van der Waals surface area contributed by atoms with Crippen LogP contribution in [-0.2, 0) is 0 Å². The average molecular weight is 275 g/mol. The van der Waals surface area contributed by atoms with Crippen molar-refractivity contribution in [1.29, 1.82) is 0 Å². The normalized spacial score (nSPS) is 10.3. The Hall–Kier alpha value is -2.94. The number of nitrogens with two attached hydrogens (primary N) is 2. The maximum Gasteiger partial charge on any atom is 0.0568 e. The fourth-order valence-corrected chi connectivity index (χ4v) is 2.27. The molecule has 0 heterocycles. The molecule has 0 atom stereocenters. The number of nitrogens with one attached hydrogen (secondary N) is 1. The van der Waals surface area contributed by atoms with Crippen LogP contribution in [0.15, 0.2) is 72.8 Å². The Balaban J connectivity index is 1.98. The molecule has 0 bridgehead atoms. The Morgan fingerprint density at radius 3 is 2.14 bits per heavy atom. The van der Waals surface area contributed by atoms with Crippen molar-refractivity contribution in [3.63, 3.8) is 0 Å². The van der Waals surface area contributed by atoms with Gasteiger partial charge >= 0.3 is 0 Å². The van der Waals surface area contributed by atoms with Gasteiger partial charge in [0.05, 0.1) is 11.4 Å². The van der Waals surface area contributed by atoms with E-state index >= 15 is 0 Å². The summed E-state index contributed by atoms with van der Waals surface area (Å²) < 4.78 is 0. The lowest BCUT2D eigenvalue weighted by Gasteiger charge is -2.13. The molecule has 3 heteroatoms. The predicted molar refractivity (Wildman–Crippen MR) is 90.4 cm³/mol. The molecule has 3 aromatic rings. The highest BCUT2D eigenvalue weighted by atomic mass is 14.9. The van der Waals surface area contributed by atoms with E-state index in [2.05, 4.69) is 29.6 Å². The second kappa shape index (κ2) is 5.59. The molecule has 0 fully saturated rings. The molecule has 3 nitrogen and oxygen atoms in total. The quantitative estimate of drug-likeness (QED) is 0.626. The highest BCUT2D eigenvalue weighted by Crippen LogP contribution is 2.31. The molecule has 0 amide bonds. The van der Waals surface area contributed by atoms with Crippen LogP contribution in [0.5, 0.6) is 0 Å². The number of hydrogen-bond donors (Lipinski definition) is 3. The van der Waals surface area contributed by atoms with Crippen molar-refractivity contribution in [3.05, 3.63) is 72.8 Å². The second-order valence-corrected chi connectivity index (χ2v) is 4.88. The van der Waals surface area contributed by atoms with Gasteiger partial charge in [0, 0.05) is 16.9 Å². The summed E-state index contributed by atoms with van der Waals surface area (Å²) in [5.41, 5.74) is 17.1. The van der Waals surface area contributed by atoms with Crippen molar-refractivity contribution >= 4 is 22.7 Å². The summed E-state index contributed by atoms with van der Waals surface area (Å²) in [6.07, 6.45) is 0. The lowest BCUT2D eigenvalue weighted by molar-refractivity contribution is 1.53. The van der Waals surface area contributed by atoms with E-state index in [4.69, 9.17) is 11.5 Å². The first-order valence-electron chi connectivity index (χ1n) is 6.80. The number of benzene rings is 3. The zero-order valence-corrected chi connectivity index (χ0v) is 11.6. The van der Waals surface area contributed by atoms with E-state index in [1.807, 2.05) is 48.5 Å². The Kier molecular flexibility index (Phi) is 3.48. The first-order chi connectivity index (χ1) is 10.2. The van der Waals surface area contributed by atoms with Crippen molar-refractivity contribution in [2.75, 3.05) is 16.8 Å². The molecule has 104 valence electrons. The highest BCUT2D eigenvalue weighted by Gasteiger charge is 2.05. The minimum atomic E-state index is 0.581. The maximum atomic E-state index is 5.86. The van der Waals surface area contributed by atoms with Gasteiger partial charge in [-0.3, -0.25) is 0 Å². The van der Waals surface area contributed by atoms with Crippen LogP contribution in [0.25, 0.3) is 11.1 Å². The van der Waals surface area contributed by atoms with Gasteiger partial charge in [-0.2, -0.15) is 0 Å². The van der Waals surface area contributed by atoms with Crippen molar-refractivity contribution in [2.24, 2.45) is 0 Å². The molecule has 21 heavy (non-hydrogen) atoms. The summed E-state index contributed by atoms with van der Waals surface area (Å²) in [5, 5.41) is 3.40. The summed E-state index contributed by atoms with van der Waals surface area (Å²) in [6.45, 7) is 0. The summed E-state index contributed by atoms with van der Waals surface area (Å²) in [5.74, 6) is 0. The lowest BCUT2D eigenvalue weighted by atomic mass is 10.0. The van der Waals surface area contributed by atoms with Gasteiger partial charge in [-0.1, -0.05) is 48.5 Å². The van der Waals surface area contributed by atoms with Crippen molar-refractivity contribution < 1.29 is 0 Å². The van der Waals surface area contributed by atoms with Gasteiger partial charge in [-0.15, -0.1) is 0 Å². The Morgan fingerprint density at radius 1 is 0.667 bits per heavy atom. The Morgan fingerprint density at radius 2 is 1.38 bits per heavy atom. The lowest BCUT2D eigenvalue weighted by Crippen LogP contribution is -1.97. The number of hydrogen-bond acceptors (Lipinski definition) is 3. The molecule has 0 aliphatic carbocycles. The van der Waals surface area contributed by atoms with Gasteiger partial charge < -0.3 is 16.8 Å². The standard InChI is InChI=1S/C18H17N3/c19-16-11-10-14(12-17(16)20)21-18-9-5-4-8-15(18)13-6-2-1-3-7-13/h1-12,21H,19-20H2. The van der Waals surface area contributed by atoms with Crippen LogP contribution in [0.1, 0.15) is 0 Å². The second-order valence-electron chi connectivity index (χ2n) is 4.88.